The maximum absolute atomic E-state index is 5.89. The average molecular weight is 370 g/mol. The minimum atomic E-state index is 0.544. The standard InChI is InChI=1S/C21H30N4O2/c1-4-26-12-13-27-20-14-17(2)7-8-19(20)16-25-21(22-3)24-11-9-18-6-5-10-23-15-18/h5-8,10,14-15H,4,9,11-13,16H2,1-3H3,(H2,22,24,25). The number of aliphatic imine (C=N–C) groups is 1. The molecule has 0 saturated heterocycles. The van der Waals surface area contributed by atoms with Crippen LogP contribution in [0.3, 0.4) is 0 Å². The van der Waals surface area contributed by atoms with Gasteiger partial charge >= 0.3 is 0 Å². The van der Waals surface area contributed by atoms with Crippen LogP contribution in [0.15, 0.2) is 47.7 Å². The van der Waals surface area contributed by atoms with Gasteiger partial charge in [-0.3, -0.25) is 9.98 Å². The van der Waals surface area contributed by atoms with Crippen LogP contribution in [-0.4, -0.2) is 44.4 Å². The molecule has 0 aliphatic carbocycles. The fourth-order valence-electron chi connectivity index (χ4n) is 2.57. The topological polar surface area (TPSA) is 67.8 Å². The third-order valence-electron chi connectivity index (χ3n) is 4.01. The molecule has 0 saturated carbocycles. The minimum Gasteiger partial charge on any atom is -0.491 e. The van der Waals surface area contributed by atoms with Gasteiger partial charge in [0.2, 0.25) is 0 Å². The molecule has 6 nitrogen and oxygen atoms in total. The van der Waals surface area contributed by atoms with Crippen LogP contribution in [0.4, 0.5) is 0 Å². The molecule has 2 aromatic rings. The van der Waals surface area contributed by atoms with Gasteiger partial charge in [0.05, 0.1) is 6.61 Å². The Morgan fingerprint density at radius 3 is 2.81 bits per heavy atom. The second-order valence-electron chi connectivity index (χ2n) is 6.12. The highest BCUT2D eigenvalue weighted by Gasteiger charge is 2.06. The van der Waals surface area contributed by atoms with E-state index >= 15 is 0 Å². The van der Waals surface area contributed by atoms with Crippen LogP contribution in [0.25, 0.3) is 0 Å². The zero-order chi connectivity index (χ0) is 19.3. The Morgan fingerprint density at radius 2 is 2.07 bits per heavy atom. The van der Waals surface area contributed by atoms with Gasteiger partial charge in [-0.1, -0.05) is 18.2 Å². The molecule has 1 aromatic heterocycles. The molecule has 1 aromatic carbocycles. The molecule has 0 amide bonds. The predicted molar refractivity (Wildman–Crippen MR) is 109 cm³/mol. The highest BCUT2D eigenvalue weighted by Crippen LogP contribution is 2.20. The lowest BCUT2D eigenvalue weighted by molar-refractivity contribution is 0.110. The molecule has 0 aliphatic rings. The summed E-state index contributed by atoms with van der Waals surface area (Å²) in [5.74, 6) is 1.65. The van der Waals surface area contributed by atoms with Crippen LogP contribution in [0.2, 0.25) is 0 Å². The van der Waals surface area contributed by atoms with E-state index in [-0.39, 0.29) is 0 Å². The van der Waals surface area contributed by atoms with Crippen molar-refractivity contribution in [1.82, 2.24) is 15.6 Å². The molecule has 1 heterocycles. The summed E-state index contributed by atoms with van der Waals surface area (Å²) in [6, 6.07) is 10.3. The smallest absolute Gasteiger partial charge is 0.191 e. The molecular formula is C21H30N4O2. The van der Waals surface area contributed by atoms with E-state index in [2.05, 4.69) is 51.8 Å². The van der Waals surface area contributed by atoms with Crippen LogP contribution in [0, 0.1) is 6.92 Å². The average Bonchev–Trinajstić information content (AvgIpc) is 2.69. The van der Waals surface area contributed by atoms with Crippen molar-refractivity contribution in [3.05, 3.63) is 59.4 Å². The first kappa shape index (κ1) is 20.7. The Kier molecular flexibility index (Phi) is 9.13. The van der Waals surface area contributed by atoms with Gasteiger partial charge in [-0.2, -0.15) is 0 Å². The highest BCUT2D eigenvalue weighted by atomic mass is 16.5. The summed E-state index contributed by atoms with van der Waals surface area (Å²) in [6.45, 7) is 7.30. The van der Waals surface area contributed by atoms with Crippen LogP contribution >= 0.6 is 0 Å². The summed E-state index contributed by atoms with van der Waals surface area (Å²) < 4.78 is 11.2. The number of rotatable bonds is 10. The fourth-order valence-corrected chi connectivity index (χ4v) is 2.57. The lowest BCUT2D eigenvalue weighted by atomic mass is 10.1. The number of aromatic nitrogens is 1. The normalized spacial score (nSPS) is 11.3. The van der Waals surface area contributed by atoms with Gasteiger partial charge in [-0.25, -0.2) is 0 Å². The van der Waals surface area contributed by atoms with Gasteiger partial charge in [-0.15, -0.1) is 0 Å². The van der Waals surface area contributed by atoms with Crippen LogP contribution in [-0.2, 0) is 17.7 Å². The van der Waals surface area contributed by atoms with Crippen LogP contribution in [0.5, 0.6) is 5.75 Å². The second kappa shape index (κ2) is 11.9. The van der Waals surface area contributed by atoms with Gasteiger partial charge in [0.1, 0.15) is 12.4 Å². The number of ether oxygens (including phenoxy) is 2. The quantitative estimate of drug-likeness (QED) is 0.382. The first-order valence-electron chi connectivity index (χ1n) is 9.36. The molecule has 0 bridgehead atoms. The number of hydrogen-bond donors (Lipinski definition) is 2. The van der Waals surface area contributed by atoms with E-state index in [9.17, 15) is 0 Å². The van der Waals surface area contributed by atoms with Crippen molar-refractivity contribution in [3.63, 3.8) is 0 Å². The summed E-state index contributed by atoms with van der Waals surface area (Å²) in [4.78, 5) is 8.42. The second-order valence-corrected chi connectivity index (χ2v) is 6.12. The lowest BCUT2D eigenvalue weighted by Gasteiger charge is -2.15. The van der Waals surface area contributed by atoms with Gasteiger partial charge in [0, 0.05) is 44.7 Å². The maximum atomic E-state index is 5.89. The van der Waals surface area contributed by atoms with E-state index in [0.717, 1.165) is 30.2 Å². The first-order chi connectivity index (χ1) is 13.2. The van der Waals surface area contributed by atoms with Gasteiger partial charge in [0.25, 0.3) is 0 Å². The van der Waals surface area contributed by atoms with E-state index in [1.807, 2.05) is 19.2 Å². The van der Waals surface area contributed by atoms with Crippen molar-refractivity contribution >= 4 is 5.96 Å². The van der Waals surface area contributed by atoms with Crippen molar-refractivity contribution in [1.29, 1.82) is 0 Å². The van der Waals surface area contributed by atoms with E-state index < -0.39 is 0 Å². The van der Waals surface area contributed by atoms with E-state index in [4.69, 9.17) is 9.47 Å². The molecule has 27 heavy (non-hydrogen) atoms. The lowest BCUT2D eigenvalue weighted by Crippen LogP contribution is -2.38. The van der Waals surface area contributed by atoms with Crippen LogP contribution < -0.4 is 15.4 Å². The number of hydrogen-bond acceptors (Lipinski definition) is 4. The number of aryl methyl sites for hydroxylation is 1. The summed E-state index contributed by atoms with van der Waals surface area (Å²) in [5.41, 5.74) is 3.46. The number of nitrogens with one attached hydrogen (secondary N) is 2. The Balaban J connectivity index is 1.84. The Labute approximate surface area is 162 Å². The molecule has 0 aliphatic heterocycles. The number of benzene rings is 1. The zero-order valence-corrected chi connectivity index (χ0v) is 16.5. The van der Waals surface area contributed by atoms with Crippen molar-refractivity contribution in [2.24, 2.45) is 4.99 Å². The van der Waals surface area contributed by atoms with Crippen molar-refractivity contribution < 1.29 is 9.47 Å². The molecular weight excluding hydrogens is 340 g/mol. The van der Waals surface area contributed by atoms with Crippen molar-refractivity contribution in [2.45, 2.75) is 26.8 Å². The Bertz CT molecular complexity index is 705. The molecule has 2 rings (SSSR count). The molecule has 0 fully saturated rings. The number of guanidine groups is 1. The zero-order valence-electron chi connectivity index (χ0n) is 16.5. The molecule has 0 atom stereocenters. The highest BCUT2D eigenvalue weighted by molar-refractivity contribution is 5.79. The summed E-state index contributed by atoms with van der Waals surface area (Å²) in [5, 5.41) is 6.67. The number of nitrogens with zero attached hydrogens (tertiary/aromatic N) is 2. The van der Waals surface area contributed by atoms with Crippen molar-refractivity contribution in [3.8, 4) is 5.75 Å². The molecule has 0 spiro atoms. The summed E-state index contributed by atoms with van der Waals surface area (Å²) in [7, 11) is 1.77. The first-order valence-corrected chi connectivity index (χ1v) is 9.36. The molecule has 6 heteroatoms. The number of pyridine rings is 1. The van der Waals surface area contributed by atoms with Gasteiger partial charge in [-0.05, 0) is 43.5 Å². The monoisotopic (exact) mass is 370 g/mol. The minimum absolute atomic E-state index is 0.544. The van der Waals surface area contributed by atoms with E-state index in [1.165, 1.54) is 11.1 Å². The SMILES string of the molecule is CCOCCOc1cc(C)ccc1CNC(=NC)NCCc1cccnc1. The molecule has 0 radical (unpaired) electrons. The third kappa shape index (κ3) is 7.66. The molecule has 2 N–H and O–H groups in total. The maximum Gasteiger partial charge on any atom is 0.191 e. The van der Waals surface area contributed by atoms with Crippen molar-refractivity contribution in [2.75, 3.05) is 33.4 Å². The van der Waals surface area contributed by atoms with E-state index in [0.29, 0.717) is 26.4 Å². The van der Waals surface area contributed by atoms with E-state index in [1.54, 1.807) is 13.2 Å². The third-order valence-corrected chi connectivity index (χ3v) is 4.01. The molecule has 0 unspecified atom stereocenters. The Morgan fingerprint density at radius 1 is 1.19 bits per heavy atom. The Hall–Kier alpha value is -2.60. The summed E-state index contributed by atoms with van der Waals surface area (Å²) >= 11 is 0. The van der Waals surface area contributed by atoms with Crippen LogP contribution in [0.1, 0.15) is 23.6 Å². The van der Waals surface area contributed by atoms with Gasteiger partial charge in [0.15, 0.2) is 5.96 Å². The largest absolute Gasteiger partial charge is 0.491 e. The van der Waals surface area contributed by atoms with Gasteiger partial charge < -0.3 is 20.1 Å². The fraction of sp³-hybridized carbons (Fsp3) is 0.429. The summed E-state index contributed by atoms with van der Waals surface area (Å²) in [6.07, 6.45) is 4.56. The molecule has 146 valence electrons. The predicted octanol–water partition coefficient (Wildman–Crippen LogP) is 2.71.